The Morgan fingerprint density at radius 2 is 1.90 bits per heavy atom. The molecule has 7 nitrogen and oxygen atoms in total. The zero-order valence-corrected chi connectivity index (χ0v) is 16.5. The highest BCUT2D eigenvalue weighted by Crippen LogP contribution is 2.10. The van der Waals surface area contributed by atoms with Crippen LogP contribution in [-0.2, 0) is 13.0 Å². The van der Waals surface area contributed by atoms with Gasteiger partial charge >= 0.3 is 0 Å². The van der Waals surface area contributed by atoms with Crippen molar-refractivity contribution in [1.29, 1.82) is 0 Å². The second kappa shape index (κ2) is 8.69. The van der Waals surface area contributed by atoms with E-state index in [9.17, 15) is 9.18 Å². The summed E-state index contributed by atoms with van der Waals surface area (Å²) in [6.07, 6.45) is 0.441. The summed E-state index contributed by atoms with van der Waals surface area (Å²) in [6.45, 7) is 3.04. The van der Waals surface area contributed by atoms with Gasteiger partial charge in [0.05, 0.1) is 0 Å². The summed E-state index contributed by atoms with van der Waals surface area (Å²) in [5, 5.41) is 18.9. The molecule has 4 aromatic rings. The van der Waals surface area contributed by atoms with Crippen LogP contribution < -0.4 is 10.6 Å². The lowest BCUT2D eigenvalue weighted by Crippen LogP contribution is -2.26. The van der Waals surface area contributed by atoms with Crippen molar-refractivity contribution < 1.29 is 9.18 Å². The van der Waals surface area contributed by atoms with E-state index in [2.05, 4.69) is 57.1 Å². The summed E-state index contributed by atoms with van der Waals surface area (Å²) in [6, 6.07) is 17.6. The number of carbonyl (C=O) groups is 1. The molecule has 0 aliphatic heterocycles. The van der Waals surface area contributed by atoms with Gasteiger partial charge in [0, 0.05) is 25.1 Å². The molecule has 0 aliphatic rings. The van der Waals surface area contributed by atoms with Crippen LogP contribution in [0.2, 0.25) is 0 Å². The molecule has 2 aromatic heterocycles. The average Bonchev–Trinajstić information content (AvgIpc) is 3.15. The van der Waals surface area contributed by atoms with E-state index in [4.69, 9.17) is 0 Å². The highest BCUT2D eigenvalue weighted by molar-refractivity contribution is 5.94. The summed E-state index contributed by atoms with van der Waals surface area (Å²) in [7, 11) is 0. The highest BCUT2D eigenvalue weighted by atomic mass is 19.1. The van der Waals surface area contributed by atoms with Gasteiger partial charge in [-0.1, -0.05) is 35.9 Å². The van der Waals surface area contributed by atoms with Crippen molar-refractivity contribution in [2.45, 2.75) is 19.9 Å². The van der Waals surface area contributed by atoms with Gasteiger partial charge in [0.25, 0.3) is 5.91 Å². The summed E-state index contributed by atoms with van der Waals surface area (Å²) in [5.41, 5.74) is 3.28. The summed E-state index contributed by atoms with van der Waals surface area (Å²) in [5.74, 6) is 0.550. The Labute approximate surface area is 173 Å². The first-order chi connectivity index (χ1) is 14.6. The van der Waals surface area contributed by atoms with E-state index >= 15 is 0 Å². The number of aromatic nitrogens is 4. The second-order valence-electron chi connectivity index (χ2n) is 6.96. The van der Waals surface area contributed by atoms with Crippen molar-refractivity contribution in [3.8, 4) is 0 Å². The van der Waals surface area contributed by atoms with Crippen LogP contribution in [0.25, 0.3) is 5.65 Å². The van der Waals surface area contributed by atoms with E-state index in [0.717, 1.165) is 5.56 Å². The summed E-state index contributed by atoms with van der Waals surface area (Å²) < 4.78 is 14.9. The minimum Gasteiger partial charge on any atom is -0.365 e. The number of benzene rings is 2. The fourth-order valence-corrected chi connectivity index (χ4v) is 3.00. The molecule has 0 saturated heterocycles. The first kappa shape index (κ1) is 19.5. The molecule has 0 unspecified atom stereocenters. The molecule has 1 amide bonds. The van der Waals surface area contributed by atoms with E-state index < -0.39 is 5.82 Å². The zero-order chi connectivity index (χ0) is 20.9. The van der Waals surface area contributed by atoms with Gasteiger partial charge in [0.2, 0.25) is 0 Å². The fraction of sp³-hybridized carbons (Fsp3) is 0.182. The van der Waals surface area contributed by atoms with E-state index in [-0.39, 0.29) is 11.5 Å². The maximum Gasteiger partial charge on any atom is 0.251 e. The van der Waals surface area contributed by atoms with Gasteiger partial charge < -0.3 is 10.6 Å². The van der Waals surface area contributed by atoms with Crippen LogP contribution in [0, 0.1) is 12.7 Å². The Hall–Kier alpha value is -3.81. The molecule has 0 fully saturated rings. The topological polar surface area (TPSA) is 84.2 Å². The molecule has 152 valence electrons. The SMILES string of the molecule is Cc1ccc(CNc2ccc3nnc(CCNC(=O)c4cccc(F)c4)n3n2)cc1. The smallest absolute Gasteiger partial charge is 0.251 e. The van der Waals surface area contributed by atoms with Crippen LogP contribution in [0.15, 0.2) is 60.7 Å². The van der Waals surface area contributed by atoms with Gasteiger partial charge in [-0.2, -0.15) is 4.52 Å². The number of aryl methyl sites for hydroxylation is 1. The zero-order valence-electron chi connectivity index (χ0n) is 16.5. The maximum absolute atomic E-state index is 13.3. The van der Waals surface area contributed by atoms with E-state index in [1.54, 1.807) is 10.6 Å². The first-order valence-electron chi connectivity index (χ1n) is 9.63. The Balaban J connectivity index is 1.38. The molecule has 0 bridgehead atoms. The normalized spacial score (nSPS) is 10.9. The van der Waals surface area contributed by atoms with Crippen LogP contribution in [0.1, 0.15) is 27.3 Å². The predicted molar refractivity (Wildman–Crippen MR) is 112 cm³/mol. The number of anilines is 1. The van der Waals surface area contributed by atoms with Crippen molar-refractivity contribution in [2.24, 2.45) is 0 Å². The number of rotatable bonds is 7. The Morgan fingerprint density at radius 1 is 1.07 bits per heavy atom. The van der Waals surface area contributed by atoms with Crippen molar-refractivity contribution in [3.05, 3.63) is 89.0 Å². The number of carbonyl (C=O) groups excluding carboxylic acids is 1. The molecule has 0 radical (unpaired) electrons. The van der Waals surface area contributed by atoms with Crippen LogP contribution >= 0.6 is 0 Å². The lowest BCUT2D eigenvalue weighted by Gasteiger charge is -2.07. The van der Waals surface area contributed by atoms with Crippen molar-refractivity contribution in [3.63, 3.8) is 0 Å². The molecular weight excluding hydrogens is 383 g/mol. The highest BCUT2D eigenvalue weighted by Gasteiger charge is 2.10. The second-order valence-corrected chi connectivity index (χ2v) is 6.96. The molecule has 8 heteroatoms. The maximum atomic E-state index is 13.3. The average molecular weight is 404 g/mol. The number of nitrogens with one attached hydrogen (secondary N) is 2. The van der Waals surface area contributed by atoms with Crippen molar-refractivity contribution in [2.75, 3.05) is 11.9 Å². The minimum absolute atomic E-state index is 0.279. The summed E-state index contributed by atoms with van der Waals surface area (Å²) in [4.78, 5) is 12.1. The molecule has 2 N–H and O–H groups in total. The molecule has 2 aromatic carbocycles. The molecule has 0 spiro atoms. The molecule has 0 aliphatic carbocycles. The molecule has 2 heterocycles. The van der Waals surface area contributed by atoms with Gasteiger partial charge in [-0.05, 0) is 42.8 Å². The van der Waals surface area contributed by atoms with Crippen LogP contribution in [-0.4, -0.2) is 32.3 Å². The number of nitrogens with zero attached hydrogens (tertiary/aromatic N) is 4. The number of halogens is 1. The molecular formula is C22H21FN6O. The molecule has 4 rings (SSSR count). The van der Waals surface area contributed by atoms with E-state index in [1.807, 2.05) is 12.1 Å². The molecule has 0 saturated carbocycles. The van der Waals surface area contributed by atoms with Crippen molar-refractivity contribution in [1.82, 2.24) is 25.1 Å². The van der Waals surface area contributed by atoms with Crippen LogP contribution in [0.3, 0.4) is 0 Å². The van der Waals surface area contributed by atoms with Gasteiger partial charge in [0.1, 0.15) is 11.6 Å². The third-order valence-electron chi connectivity index (χ3n) is 4.64. The number of hydrogen-bond acceptors (Lipinski definition) is 5. The van der Waals surface area contributed by atoms with Gasteiger partial charge in [-0.15, -0.1) is 15.3 Å². The predicted octanol–water partition coefficient (Wildman–Crippen LogP) is 3.16. The van der Waals surface area contributed by atoms with Gasteiger partial charge in [0.15, 0.2) is 11.5 Å². The largest absolute Gasteiger partial charge is 0.365 e. The quantitative estimate of drug-likeness (QED) is 0.494. The number of fused-ring (bicyclic) bond motifs is 1. The molecule has 30 heavy (non-hydrogen) atoms. The first-order valence-corrected chi connectivity index (χ1v) is 9.63. The number of amides is 1. The summed E-state index contributed by atoms with van der Waals surface area (Å²) >= 11 is 0. The third kappa shape index (κ3) is 4.60. The lowest BCUT2D eigenvalue weighted by molar-refractivity contribution is 0.0953. The lowest BCUT2D eigenvalue weighted by atomic mass is 10.1. The number of hydrogen-bond donors (Lipinski definition) is 2. The van der Waals surface area contributed by atoms with E-state index in [1.165, 1.54) is 23.8 Å². The van der Waals surface area contributed by atoms with Crippen LogP contribution in [0.5, 0.6) is 0 Å². The molecule has 0 atom stereocenters. The van der Waals surface area contributed by atoms with Gasteiger partial charge in [-0.3, -0.25) is 4.79 Å². The monoisotopic (exact) mass is 404 g/mol. The standard InChI is InChI=1S/C22H21FN6O/c1-15-5-7-16(8-6-15)14-25-19-9-10-20-26-27-21(29(20)28-19)11-12-24-22(30)17-3-2-4-18(23)13-17/h2-10,13H,11-12,14H2,1H3,(H,24,30)(H,25,28). The van der Waals surface area contributed by atoms with Crippen molar-refractivity contribution >= 4 is 17.4 Å². The van der Waals surface area contributed by atoms with Gasteiger partial charge in [-0.25, -0.2) is 4.39 Å². The fourth-order valence-electron chi connectivity index (χ4n) is 3.00. The Bertz CT molecular complexity index is 1170. The van der Waals surface area contributed by atoms with Crippen LogP contribution in [0.4, 0.5) is 10.2 Å². The Kier molecular flexibility index (Phi) is 5.65. The van der Waals surface area contributed by atoms with E-state index in [0.29, 0.717) is 36.8 Å². The minimum atomic E-state index is -0.444. The Morgan fingerprint density at radius 3 is 2.70 bits per heavy atom. The third-order valence-corrected chi connectivity index (χ3v) is 4.64.